The molecule has 0 unspecified atom stereocenters. The highest BCUT2D eigenvalue weighted by molar-refractivity contribution is 5.73. The normalized spacial score (nSPS) is 13.4. The van der Waals surface area contributed by atoms with E-state index in [0.29, 0.717) is 0 Å². The minimum atomic E-state index is -5.08. The number of nitriles is 1. The minimum absolute atomic E-state index is 0.729. The monoisotopic (exact) mass is 551 g/mol. The first kappa shape index (κ1) is 32.4. The third-order valence-corrected chi connectivity index (χ3v) is 5.16. The van der Waals surface area contributed by atoms with E-state index in [0.717, 1.165) is 57.2 Å². The van der Waals surface area contributed by atoms with Gasteiger partial charge in [0.05, 0.1) is 23.9 Å². The summed E-state index contributed by atoms with van der Waals surface area (Å²) in [6.45, 7) is 11.2. The SMILES string of the molecule is CCN(CC)Cc1cn2c(n1)CN(Cc1cccc(C#N)c1)CC2.O=C(O)C(F)(F)F.O=C(O)C(F)(F)F. The van der Waals surface area contributed by atoms with Gasteiger partial charge >= 0.3 is 24.3 Å². The molecule has 9 nitrogen and oxygen atoms in total. The molecule has 2 N–H and O–H groups in total. The van der Waals surface area contributed by atoms with Gasteiger partial charge in [0.25, 0.3) is 0 Å². The van der Waals surface area contributed by atoms with Gasteiger partial charge in [-0.2, -0.15) is 31.6 Å². The molecule has 0 amide bonds. The zero-order valence-electron chi connectivity index (χ0n) is 20.6. The van der Waals surface area contributed by atoms with Gasteiger partial charge in [-0.25, -0.2) is 14.6 Å². The highest BCUT2D eigenvalue weighted by Crippen LogP contribution is 2.17. The van der Waals surface area contributed by atoms with Crippen LogP contribution in [0.2, 0.25) is 0 Å². The summed E-state index contributed by atoms with van der Waals surface area (Å²) < 4.78 is 65.8. The highest BCUT2D eigenvalue weighted by atomic mass is 19.4. The molecule has 0 saturated heterocycles. The molecule has 0 spiro atoms. The van der Waals surface area contributed by atoms with E-state index in [-0.39, 0.29) is 0 Å². The van der Waals surface area contributed by atoms with Crippen LogP contribution in [0.5, 0.6) is 0 Å². The van der Waals surface area contributed by atoms with Crippen molar-refractivity contribution >= 4 is 11.9 Å². The minimum Gasteiger partial charge on any atom is -0.475 e. The largest absolute Gasteiger partial charge is 0.490 e. The number of hydrogen-bond donors (Lipinski definition) is 2. The Morgan fingerprint density at radius 3 is 2.08 bits per heavy atom. The standard InChI is InChI=1S/C19H25N5.2C2HF3O2/c1-3-22(4-2)13-18-14-24-9-8-23(15-19(24)21-18)12-17-7-5-6-16(10-17)11-20;2*3-2(4,5)1(6)7/h5-7,10,14H,3-4,8-9,12-13,15H2,1-2H3;2*(H,6,7). The number of aromatic nitrogens is 2. The summed E-state index contributed by atoms with van der Waals surface area (Å²) >= 11 is 0. The molecule has 210 valence electrons. The maximum absolute atomic E-state index is 10.6. The van der Waals surface area contributed by atoms with Gasteiger partial charge in [0.2, 0.25) is 0 Å². The molecule has 1 aromatic heterocycles. The first-order chi connectivity index (χ1) is 17.6. The smallest absolute Gasteiger partial charge is 0.475 e. The summed E-state index contributed by atoms with van der Waals surface area (Å²) in [7, 11) is 0. The summed E-state index contributed by atoms with van der Waals surface area (Å²) in [6, 6.07) is 10.1. The van der Waals surface area contributed by atoms with Crippen LogP contribution in [0.25, 0.3) is 0 Å². The van der Waals surface area contributed by atoms with E-state index in [9.17, 15) is 26.3 Å². The molecule has 3 rings (SSSR count). The van der Waals surface area contributed by atoms with Crippen LogP contribution in [0, 0.1) is 11.3 Å². The number of alkyl halides is 6. The predicted octanol–water partition coefficient (Wildman–Crippen LogP) is 3.88. The van der Waals surface area contributed by atoms with Gasteiger partial charge in [0.15, 0.2) is 0 Å². The number of nitrogens with zero attached hydrogens (tertiary/aromatic N) is 5. The van der Waals surface area contributed by atoms with Crippen molar-refractivity contribution < 1.29 is 46.1 Å². The first-order valence-electron chi connectivity index (χ1n) is 11.2. The number of hydrogen-bond acceptors (Lipinski definition) is 6. The second-order valence-electron chi connectivity index (χ2n) is 7.93. The van der Waals surface area contributed by atoms with Crippen molar-refractivity contribution in [3.05, 3.63) is 53.1 Å². The fourth-order valence-corrected chi connectivity index (χ4v) is 3.25. The third-order valence-electron chi connectivity index (χ3n) is 5.16. The predicted molar refractivity (Wildman–Crippen MR) is 122 cm³/mol. The van der Waals surface area contributed by atoms with E-state index in [4.69, 9.17) is 30.0 Å². The molecule has 2 heterocycles. The van der Waals surface area contributed by atoms with E-state index >= 15 is 0 Å². The Kier molecular flexibility index (Phi) is 12.2. The van der Waals surface area contributed by atoms with E-state index in [1.54, 1.807) is 0 Å². The average Bonchev–Trinajstić information content (AvgIpc) is 3.24. The van der Waals surface area contributed by atoms with E-state index < -0.39 is 24.3 Å². The summed E-state index contributed by atoms with van der Waals surface area (Å²) in [4.78, 5) is 27.4. The van der Waals surface area contributed by atoms with Crippen molar-refractivity contribution in [3.8, 4) is 6.07 Å². The van der Waals surface area contributed by atoms with Crippen LogP contribution in [0.4, 0.5) is 26.3 Å². The summed E-state index contributed by atoms with van der Waals surface area (Å²) in [5.41, 5.74) is 3.09. The molecule has 0 atom stereocenters. The molecule has 15 heteroatoms. The molecule has 0 fully saturated rings. The number of imidazole rings is 1. The van der Waals surface area contributed by atoms with Crippen molar-refractivity contribution in [1.29, 1.82) is 5.26 Å². The number of carbonyl (C=O) groups is 2. The maximum Gasteiger partial charge on any atom is 0.490 e. The second-order valence-corrected chi connectivity index (χ2v) is 7.93. The maximum atomic E-state index is 10.6. The van der Waals surface area contributed by atoms with Crippen LogP contribution in [0.3, 0.4) is 0 Å². The summed E-state index contributed by atoms with van der Waals surface area (Å²) in [5, 5.41) is 23.3. The zero-order valence-corrected chi connectivity index (χ0v) is 20.6. The number of carboxylic acids is 2. The summed E-state index contributed by atoms with van der Waals surface area (Å²) in [6.07, 6.45) is -7.96. The van der Waals surface area contributed by atoms with E-state index in [1.807, 2.05) is 18.2 Å². The highest BCUT2D eigenvalue weighted by Gasteiger charge is 2.38. The van der Waals surface area contributed by atoms with Gasteiger partial charge in [-0.15, -0.1) is 0 Å². The van der Waals surface area contributed by atoms with Crippen LogP contribution < -0.4 is 0 Å². The van der Waals surface area contributed by atoms with Gasteiger partial charge in [-0.05, 0) is 30.8 Å². The van der Waals surface area contributed by atoms with Crippen LogP contribution in [0.15, 0.2) is 30.5 Å². The van der Waals surface area contributed by atoms with Crippen molar-refractivity contribution in [2.24, 2.45) is 0 Å². The fourth-order valence-electron chi connectivity index (χ4n) is 3.25. The molecular formula is C23H27F6N5O4. The lowest BCUT2D eigenvalue weighted by Gasteiger charge is -2.27. The number of aliphatic carboxylic acids is 2. The van der Waals surface area contributed by atoms with E-state index in [2.05, 4.69) is 46.5 Å². The number of carboxylic acid groups (broad SMARTS) is 2. The van der Waals surface area contributed by atoms with Crippen molar-refractivity contribution in [3.63, 3.8) is 0 Å². The summed E-state index contributed by atoms with van der Waals surface area (Å²) in [5.74, 6) is -4.36. The lowest BCUT2D eigenvalue weighted by molar-refractivity contribution is -0.193. The topological polar surface area (TPSA) is 123 Å². The average molecular weight is 551 g/mol. The molecular weight excluding hydrogens is 524 g/mol. The Morgan fingerprint density at radius 1 is 1.05 bits per heavy atom. The lowest BCUT2D eigenvalue weighted by Crippen LogP contribution is -2.33. The molecule has 2 aromatic rings. The Morgan fingerprint density at radius 2 is 1.61 bits per heavy atom. The Labute approximate surface area is 214 Å². The Bertz CT molecular complexity index is 1080. The van der Waals surface area contributed by atoms with Crippen molar-refractivity contribution in [2.75, 3.05) is 19.6 Å². The lowest BCUT2D eigenvalue weighted by atomic mass is 10.1. The van der Waals surface area contributed by atoms with Crippen LogP contribution in [-0.4, -0.2) is 73.5 Å². The van der Waals surface area contributed by atoms with Crippen LogP contribution in [-0.2, 0) is 35.8 Å². The molecule has 38 heavy (non-hydrogen) atoms. The van der Waals surface area contributed by atoms with Gasteiger partial charge < -0.3 is 14.8 Å². The molecule has 1 aromatic carbocycles. The fraction of sp³-hybridized carbons (Fsp3) is 0.478. The molecule has 0 bridgehead atoms. The van der Waals surface area contributed by atoms with Crippen LogP contribution in [0.1, 0.15) is 36.5 Å². The second kappa shape index (κ2) is 14.3. The van der Waals surface area contributed by atoms with Gasteiger partial charge in [-0.3, -0.25) is 9.80 Å². The quantitative estimate of drug-likeness (QED) is 0.519. The van der Waals surface area contributed by atoms with Gasteiger partial charge in [0.1, 0.15) is 5.82 Å². The zero-order chi connectivity index (χ0) is 29.1. The molecule has 0 aliphatic carbocycles. The van der Waals surface area contributed by atoms with Crippen LogP contribution >= 0.6 is 0 Å². The molecule has 1 aliphatic heterocycles. The molecule has 1 aliphatic rings. The number of benzene rings is 1. The molecule has 0 saturated carbocycles. The first-order valence-corrected chi connectivity index (χ1v) is 11.2. The Hall–Kier alpha value is -3.64. The Balaban J connectivity index is 0.000000426. The van der Waals surface area contributed by atoms with Crippen molar-refractivity contribution in [2.45, 2.75) is 52.4 Å². The third kappa shape index (κ3) is 11.2. The van der Waals surface area contributed by atoms with Gasteiger partial charge in [0, 0.05) is 32.4 Å². The van der Waals surface area contributed by atoms with E-state index in [1.165, 1.54) is 11.3 Å². The molecule has 0 radical (unpaired) electrons. The number of fused-ring (bicyclic) bond motifs is 1. The number of rotatable bonds is 6. The van der Waals surface area contributed by atoms with Crippen molar-refractivity contribution in [1.82, 2.24) is 19.4 Å². The van der Waals surface area contributed by atoms with Gasteiger partial charge in [-0.1, -0.05) is 26.0 Å². The number of halogens is 6.